The van der Waals surface area contributed by atoms with E-state index in [0.717, 1.165) is 37.6 Å². The van der Waals surface area contributed by atoms with Crippen molar-refractivity contribution in [2.24, 2.45) is 11.8 Å². The quantitative estimate of drug-likeness (QED) is 0.644. The highest BCUT2D eigenvalue weighted by molar-refractivity contribution is 6.31. The molecule has 9 heteroatoms. The number of carbonyl (C=O) groups is 1. The molecule has 4 heterocycles. The lowest BCUT2D eigenvalue weighted by atomic mass is 9.97. The van der Waals surface area contributed by atoms with E-state index in [9.17, 15) is 9.18 Å². The SMILES string of the molecule is O=C(C1CC1)N1CCC[C@@H](CNc2nc(-c3c[nH]c4ncc(Cl)cc34)ncc2F)C1. The van der Waals surface area contributed by atoms with Crippen LogP contribution in [0.25, 0.3) is 22.4 Å². The van der Waals surface area contributed by atoms with E-state index in [4.69, 9.17) is 11.6 Å². The number of halogens is 2. The first-order valence-corrected chi connectivity index (χ1v) is 10.6. The number of rotatable bonds is 5. The number of H-pyrrole nitrogens is 1. The predicted octanol–water partition coefficient (Wildman–Crippen LogP) is 3.87. The van der Waals surface area contributed by atoms with Crippen LogP contribution in [0.2, 0.25) is 5.02 Å². The number of fused-ring (bicyclic) bond motifs is 1. The third kappa shape index (κ3) is 3.84. The molecule has 2 aliphatic rings. The summed E-state index contributed by atoms with van der Waals surface area (Å²) in [5.41, 5.74) is 1.38. The molecule has 30 heavy (non-hydrogen) atoms. The van der Waals surface area contributed by atoms with Crippen LogP contribution in [0.1, 0.15) is 25.7 Å². The Kier molecular flexibility index (Phi) is 5.02. The summed E-state index contributed by atoms with van der Waals surface area (Å²) in [6.07, 6.45) is 8.49. The first-order chi connectivity index (χ1) is 14.6. The number of likely N-dealkylation sites (tertiary alicyclic amines) is 1. The minimum atomic E-state index is -0.503. The van der Waals surface area contributed by atoms with Crippen molar-refractivity contribution in [2.75, 3.05) is 25.0 Å². The number of aromatic amines is 1. The lowest BCUT2D eigenvalue weighted by molar-refractivity contribution is -0.134. The maximum atomic E-state index is 14.4. The van der Waals surface area contributed by atoms with Crippen molar-refractivity contribution in [3.8, 4) is 11.4 Å². The van der Waals surface area contributed by atoms with Crippen LogP contribution in [0.5, 0.6) is 0 Å². The van der Waals surface area contributed by atoms with Gasteiger partial charge in [0.25, 0.3) is 0 Å². The number of pyridine rings is 1. The fourth-order valence-corrected chi connectivity index (χ4v) is 4.20. The zero-order valence-corrected chi connectivity index (χ0v) is 17.1. The van der Waals surface area contributed by atoms with Crippen LogP contribution < -0.4 is 5.32 Å². The van der Waals surface area contributed by atoms with Crippen molar-refractivity contribution >= 4 is 34.4 Å². The highest BCUT2D eigenvalue weighted by Crippen LogP contribution is 2.33. The van der Waals surface area contributed by atoms with Gasteiger partial charge in [0, 0.05) is 48.9 Å². The maximum Gasteiger partial charge on any atom is 0.225 e. The molecule has 0 bridgehead atoms. The fourth-order valence-electron chi connectivity index (χ4n) is 4.05. The van der Waals surface area contributed by atoms with E-state index in [-0.39, 0.29) is 23.6 Å². The van der Waals surface area contributed by atoms with Gasteiger partial charge in [-0.3, -0.25) is 4.79 Å². The largest absolute Gasteiger partial charge is 0.367 e. The number of hydrogen-bond donors (Lipinski definition) is 2. The van der Waals surface area contributed by atoms with Gasteiger partial charge in [-0.25, -0.2) is 19.3 Å². The second kappa shape index (κ2) is 7.83. The van der Waals surface area contributed by atoms with Gasteiger partial charge in [0.15, 0.2) is 17.5 Å². The van der Waals surface area contributed by atoms with Crippen LogP contribution in [-0.4, -0.2) is 50.4 Å². The standard InChI is InChI=1S/C21H22ClFN6O/c22-14-6-15-16(9-26-18(15)25-8-14)19-27-10-17(23)20(28-19)24-7-12-2-1-5-29(11-12)21(30)13-3-4-13/h6,8-10,12-13H,1-5,7,11H2,(H,25,26)(H,24,27,28)/t12-/m0/s1. The molecule has 156 valence electrons. The van der Waals surface area contributed by atoms with E-state index in [1.807, 2.05) is 4.90 Å². The Hall–Kier alpha value is -2.74. The molecule has 1 amide bonds. The lowest BCUT2D eigenvalue weighted by Crippen LogP contribution is -2.42. The van der Waals surface area contributed by atoms with Gasteiger partial charge < -0.3 is 15.2 Å². The van der Waals surface area contributed by atoms with Gasteiger partial charge in [-0.15, -0.1) is 0 Å². The number of piperidine rings is 1. The van der Waals surface area contributed by atoms with E-state index in [1.165, 1.54) is 6.20 Å². The Morgan fingerprint density at radius 1 is 1.30 bits per heavy atom. The number of carbonyl (C=O) groups excluding carboxylic acids is 1. The molecule has 0 radical (unpaired) electrons. The van der Waals surface area contributed by atoms with E-state index < -0.39 is 5.82 Å². The van der Waals surface area contributed by atoms with Crippen molar-refractivity contribution in [2.45, 2.75) is 25.7 Å². The second-order valence-corrected chi connectivity index (χ2v) is 8.53. The van der Waals surface area contributed by atoms with Crippen LogP contribution in [-0.2, 0) is 4.79 Å². The molecule has 1 aliphatic carbocycles. The summed E-state index contributed by atoms with van der Waals surface area (Å²) in [6, 6.07) is 1.78. The van der Waals surface area contributed by atoms with Crippen molar-refractivity contribution in [3.05, 3.63) is 35.5 Å². The van der Waals surface area contributed by atoms with Gasteiger partial charge in [-0.1, -0.05) is 11.6 Å². The van der Waals surface area contributed by atoms with Crippen molar-refractivity contribution in [3.63, 3.8) is 0 Å². The maximum absolute atomic E-state index is 14.4. The molecule has 0 unspecified atom stereocenters. The molecule has 3 aromatic rings. The Bertz CT molecular complexity index is 1100. The van der Waals surface area contributed by atoms with Gasteiger partial charge in [0.2, 0.25) is 5.91 Å². The highest BCUT2D eigenvalue weighted by atomic mass is 35.5. The van der Waals surface area contributed by atoms with E-state index in [2.05, 4.69) is 25.3 Å². The molecular formula is C21H22ClFN6O. The minimum absolute atomic E-state index is 0.162. The first-order valence-electron chi connectivity index (χ1n) is 10.3. The molecule has 7 nitrogen and oxygen atoms in total. The molecule has 1 atom stereocenters. The summed E-state index contributed by atoms with van der Waals surface area (Å²) in [5, 5.41) is 4.42. The summed E-state index contributed by atoms with van der Waals surface area (Å²) >= 11 is 6.07. The highest BCUT2D eigenvalue weighted by Gasteiger charge is 2.35. The molecule has 0 spiro atoms. The Balaban J connectivity index is 1.31. The van der Waals surface area contributed by atoms with E-state index in [0.29, 0.717) is 35.1 Å². The van der Waals surface area contributed by atoms with Gasteiger partial charge in [-0.05, 0) is 37.7 Å². The zero-order valence-electron chi connectivity index (χ0n) is 16.4. The average Bonchev–Trinajstić information content (AvgIpc) is 3.53. The number of anilines is 1. The van der Waals surface area contributed by atoms with Gasteiger partial charge in [0.1, 0.15) is 5.65 Å². The van der Waals surface area contributed by atoms with Crippen molar-refractivity contribution < 1.29 is 9.18 Å². The zero-order chi connectivity index (χ0) is 20.7. The van der Waals surface area contributed by atoms with Crippen molar-refractivity contribution in [1.29, 1.82) is 0 Å². The van der Waals surface area contributed by atoms with Gasteiger partial charge in [0.05, 0.1) is 11.2 Å². The lowest BCUT2D eigenvalue weighted by Gasteiger charge is -2.33. The topological polar surface area (TPSA) is 86.8 Å². The van der Waals surface area contributed by atoms with Crippen molar-refractivity contribution in [1.82, 2.24) is 24.8 Å². The number of amides is 1. The molecule has 1 aliphatic heterocycles. The molecule has 0 aromatic carbocycles. The Labute approximate surface area is 178 Å². The minimum Gasteiger partial charge on any atom is -0.367 e. The molecule has 1 saturated carbocycles. The van der Waals surface area contributed by atoms with Crippen LogP contribution in [0.4, 0.5) is 10.2 Å². The van der Waals surface area contributed by atoms with Crippen LogP contribution >= 0.6 is 11.6 Å². The predicted molar refractivity (Wildman–Crippen MR) is 113 cm³/mol. The average molecular weight is 429 g/mol. The van der Waals surface area contributed by atoms with Crippen LogP contribution in [0.3, 0.4) is 0 Å². The first kappa shape index (κ1) is 19.2. The summed E-state index contributed by atoms with van der Waals surface area (Å²) in [5.74, 6) is 0.838. The molecule has 3 aromatic heterocycles. The summed E-state index contributed by atoms with van der Waals surface area (Å²) in [4.78, 5) is 30.2. The van der Waals surface area contributed by atoms with E-state index in [1.54, 1.807) is 18.5 Å². The van der Waals surface area contributed by atoms with Crippen LogP contribution in [0.15, 0.2) is 24.7 Å². The third-order valence-corrected chi connectivity index (χ3v) is 6.00. The van der Waals surface area contributed by atoms with Gasteiger partial charge >= 0.3 is 0 Å². The smallest absolute Gasteiger partial charge is 0.225 e. The molecule has 2 N–H and O–H groups in total. The Morgan fingerprint density at radius 2 is 2.17 bits per heavy atom. The number of nitrogens with zero attached hydrogens (tertiary/aromatic N) is 4. The molecular weight excluding hydrogens is 407 g/mol. The van der Waals surface area contributed by atoms with Gasteiger partial charge in [-0.2, -0.15) is 0 Å². The summed E-state index contributed by atoms with van der Waals surface area (Å²) in [6.45, 7) is 2.10. The van der Waals surface area contributed by atoms with E-state index >= 15 is 0 Å². The molecule has 5 rings (SSSR count). The second-order valence-electron chi connectivity index (χ2n) is 8.09. The number of hydrogen-bond acceptors (Lipinski definition) is 5. The monoisotopic (exact) mass is 428 g/mol. The summed E-state index contributed by atoms with van der Waals surface area (Å²) in [7, 11) is 0. The normalized spacial score (nSPS) is 19.3. The summed E-state index contributed by atoms with van der Waals surface area (Å²) < 4.78 is 14.4. The Morgan fingerprint density at radius 3 is 3.00 bits per heavy atom. The molecule has 2 fully saturated rings. The number of nitrogens with one attached hydrogen (secondary N) is 2. The van der Waals surface area contributed by atoms with Crippen LogP contribution in [0, 0.1) is 17.7 Å². The third-order valence-electron chi connectivity index (χ3n) is 5.80. The fraction of sp³-hybridized carbons (Fsp3) is 0.429. The number of aromatic nitrogens is 4. The molecule has 1 saturated heterocycles.